The van der Waals surface area contributed by atoms with E-state index in [0.29, 0.717) is 5.41 Å². The molecule has 2 saturated carbocycles. The van der Waals surface area contributed by atoms with E-state index in [-0.39, 0.29) is 0 Å². The Kier molecular flexibility index (Phi) is 2.96. The van der Waals surface area contributed by atoms with Crippen molar-refractivity contribution in [3.8, 4) is 0 Å². The minimum absolute atomic E-state index is 0.292. The normalized spacial score (nSPS) is 23.6. The van der Waals surface area contributed by atoms with Crippen LogP contribution in [0.3, 0.4) is 0 Å². The van der Waals surface area contributed by atoms with Crippen LogP contribution in [-0.4, -0.2) is 6.54 Å². The molecular formula is C16H23N. The highest BCUT2D eigenvalue weighted by atomic mass is 14.6. The van der Waals surface area contributed by atoms with Gasteiger partial charge in [-0.25, -0.2) is 0 Å². The molecule has 0 atom stereocenters. The van der Waals surface area contributed by atoms with Crippen LogP contribution >= 0.6 is 0 Å². The van der Waals surface area contributed by atoms with Gasteiger partial charge in [-0.05, 0) is 42.7 Å². The minimum Gasteiger partial charge on any atom is -0.330 e. The molecule has 1 aromatic carbocycles. The van der Waals surface area contributed by atoms with Crippen LogP contribution in [-0.2, 0) is 5.41 Å². The van der Waals surface area contributed by atoms with Crippen molar-refractivity contribution < 1.29 is 0 Å². The first-order valence-corrected chi connectivity index (χ1v) is 7.15. The van der Waals surface area contributed by atoms with Gasteiger partial charge < -0.3 is 5.73 Å². The molecule has 2 fully saturated rings. The summed E-state index contributed by atoms with van der Waals surface area (Å²) in [7, 11) is 0. The van der Waals surface area contributed by atoms with Crippen molar-refractivity contribution >= 4 is 0 Å². The van der Waals surface area contributed by atoms with Gasteiger partial charge in [0.2, 0.25) is 0 Å². The van der Waals surface area contributed by atoms with E-state index in [9.17, 15) is 0 Å². The lowest BCUT2D eigenvalue weighted by atomic mass is 9.69. The molecule has 3 rings (SSSR count). The standard InChI is InChI=1S/C16H23N/c17-12-16(10-2-1-3-11-16)15-8-6-14(7-9-15)13-4-5-13/h6-9,13H,1-5,10-12,17H2. The summed E-state index contributed by atoms with van der Waals surface area (Å²) < 4.78 is 0. The van der Waals surface area contributed by atoms with Gasteiger partial charge >= 0.3 is 0 Å². The fourth-order valence-corrected chi connectivity index (χ4v) is 3.36. The van der Waals surface area contributed by atoms with Crippen LogP contribution in [0.25, 0.3) is 0 Å². The van der Waals surface area contributed by atoms with Crippen LogP contribution in [0.4, 0.5) is 0 Å². The van der Waals surface area contributed by atoms with Crippen LogP contribution in [0, 0.1) is 0 Å². The second-order valence-corrected chi connectivity index (χ2v) is 5.94. The summed E-state index contributed by atoms with van der Waals surface area (Å²) in [5.74, 6) is 0.865. The smallest absolute Gasteiger partial charge is 0.00755 e. The summed E-state index contributed by atoms with van der Waals surface area (Å²) in [6.07, 6.45) is 9.44. The number of rotatable bonds is 3. The third kappa shape index (κ3) is 2.13. The van der Waals surface area contributed by atoms with Crippen LogP contribution in [0.15, 0.2) is 24.3 Å². The first-order chi connectivity index (χ1) is 8.34. The third-order valence-electron chi connectivity index (χ3n) is 4.77. The molecule has 1 aromatic rings. The molecule has 0 unspecified atom stereocenters. The van der Waals surface area contributed by atoms with Gasteiger partial charge in [0.15, 0.2) is 0 Å². The van der Waals surface area contributed by atoms with Crippen molar-refractivity contribution in [3.63, 3.8) is 0 Å². The Morgan fingerprint density at radius 1 is 1.00 bits per heavy atom. The van der Waals surface area contributed by atoms with E-state index in [1.54, 1.807) is 0 Å². The van der Waals surface area contributed by atoms with E-state index in [2.05, 4.69) is 24.3 Å². The van der Waals surface area contributed by atoms with Gasteiger partial charge in [-0.2, -0.15) is 0 Å². The highest BCUT2D eigenvalue weighted by Gasteiger charge is 2.32. The zero-order chi connectivity index (χ0) is 11.7. The van der Waals surface area contributed by atoms with E-state index >= 15 is 0 Å². The van der Waals surface area contributed by atoms with E-state index in [4.69, 9.17) is 5.73 Å². The number of hydrogen-bond acceptors (Lipinski definition) is 1. The highest BCUT2D eigenvalue weighted by molar-refractivity contribution is 5.33. The summed E-state index contributed by atoms with van der Waals surface area (Å²) in [5, 5.41) is 0. The first-order valence-electron chi connectivity index (χ1n) is 7.15. The zero-order valence-electron chi connectivity index (χ0n) is 10.6. The highest BCUT2D eigenvalue weighted by Crippen LogP contribution is 2.42. The van der Waals surface area contributed by atoms with Crippen molar-refractivity contribution in [2.45, 2.75) is 56.3 Å². The lowest BCUT2D eigenvalue weighted by molar-refractivity contribution is 0.301. The van der Waals surface area contributed by atoms with Gasteiger partial charge in [-0.1, -0.05) is 43.5 Å². The van der Waals surface area contributed by atoms with E-state index in [1.165, 1.54) is 56.1 Å². The van der Waals surface area contributed by atoms with Crippen LogP contribution < -0.4 is 5.73 Å². The summed E-state index contributed by atoms with van der Waals surface area (Å²) in [5.41, 5.74) is 9.40. The second-order valence-electron chi connectivity index (χ2n) is 5.94. The molecule has 0 bridgehead atoms. The maximum atomic E-state index is 6.08. The average molecular weight is 229 g/mol. The maximum Gasteiger partial charge on any atom is 0.00755 e. The number of benzene rings is 1. The summed E-state index contributed by atoms with van der Waals surface area (Å²) in [4.78, 5) is 0. The SMILES string of the molecule is NCC1(c2ccc(C3CC3)cc2)CCCCC1. The Balaban J connectivity index is 1.84. The molecule has 92 valence electrons. The lowest BCUT2D eigenvalue weighted by Gasteiger charge is -2.37. The minimum atomic E-state index is 0.292. The summed E-state index contributed by atoms with van der Waals surface area (Å²) in [6, 6.07) is 9.40. The van der Waals surface area contributed by atoms with Crippen molar-refractivity contribution in [3.05, 3.63) is 35.4 Å². The van der Waals surface area contributed by atoms with E-state index in [1.807, 2.05) is 0 Å². The quantitative estimate of drug-likeness (QED) is 0.839. The van der Waals surface area contributed by atoms with Gasteiger partial charge in [-0.15, -0.1) is 0 Å². The van der Waals surface area contributed by atoms with Crippen LogP contribution in [0.2, 0.25) is 0 Å². The van der Waals surface area contributed by atoms with Crippen molar-refractivity contribution in [2.24, 2.45) is 5.73 Å². The first kappa shape index (κ1) is 11.3. The summed E-state index contributed by atoms with van der Waals surface area (Å²) >= 11 is 0. The molecule has 1 heteroatoms. The summed E-state index contributed by atoms with van der Waals surface area (Å²) in [6.45, 7) is 0.815. The van der Waals surface area contributed by atoms with Crippen molar-refractivity contribution in [1.82, 2.24) is 0 Å². The molecule has 0 radical (unpaired) electrons. The fraction of sp³-hybridized carbons (Fsp3) is 0.625. The Morgan fingerprint density at radius 3 is 2.18 bits per heavy atom. The second kappa shape index (κ2) is 4.45. The Hall–Kier alpha value is -0.820. The largest absolute Gasteiger partial charge is 0.330 e. The van der Waals surface area contributed by atoms with Crippen molar-refractivity contribution in [2.75, 3.05) is 6.54 Å². The molecule has 2 N–H and O–H groups in total. The molecule has 1 nitrogen and oxygen atoms in total. The van der Waals surface area contributed by atoms with Crippen LogP contribution in [0.5, 0.6) is 0 Å². The molecule has 0 amide bonds. The maximum absolute atomic E-state index is 6.08. The molecule has 0 aliphatic heterocycles. The van der Waals surface area contributed by atoms with Crippen molar-refractivity contribution in [1.29, 1.82) is 0 Å². The van der Waals surface area contributed by atoms with Crippen LogP contribution in [0.1, 0.15) is 62.0 Å². The predicted octanol–water partition coefficient (Wildman–Crippen LogP) is 3.72. The van der Waals surface area contributed by atoms with E-state index < -0.39 is 0 Å². The Bertz CT molecular complexity index is 369. The fourth-order valence-electron chi connectivity index (χ4n) is 3.36. The third-order valence-corrected chi connectivity index (χ3v) is 4.77. The molecule has 0 spiro atoms. The lowest BCUT2D eigenvalue weighted by Crippen LogP contribution is -2.37. The Morgan fingerprint density at radius 2 is 1.65 bits per heavy atom. The van der Waals surface area contributed by atoms with Gasteiger partial charge in [0, 0.05) is 12.0 Å². The average Bonchev–Trinajstić information content (AvgIpc) is 3.24. The predicted molar refractivity (Wildman–Crippen MR) is 72.2 cm³/mol. The molecule has 2 aliphatic rings. The van der Waals surface area contributed by atoms with Gasteiger partial charge in [0.05, 0.1) is 0 Å². The molecule has 17 heavy (non-hydrogen) atoms. The molecule has 0 aromatic heterocycles. The monoisotopic (exact) mass is 229 g/mol. The molecule has 2 aliphatic carbocycles. The topological polar surface area (TPSA) is 26.0 Å². The molecule has 0 heterocycles. The number of nitrogens with two attached hydrogens (primary N) is 1. The van der Waals surface area contributed by atoms with Gasteiger partial charge in [0.1, 0.15) is 0 Å². The van der Waals surface area contributed by atoms with E-state index in [0.717, 1.165) is 12.5 Å². The van der Waals surface area contributed by atoms with Gasteiger partial charge in [-0.3, -0.25) is 0 Å². The number of hydrogen-bond donors (Lipinski definition) is 1. The zero-order valence-corrected chi connectivity index (χ0v) is 10.6. The Labute approximate surface area is 104 Å². The molecular weight excluding hydrogens is 206 g/mol. The molecule has 0 saturated heterocycles. The van der Waals surface area contributed by atoms with Gasteiger partial charge in [0.25, 0.3) is 0 Å².